The number of hydrogen-bond donors (Lipinski definition) is 0. The van der Waals surface area contributed by atoms with Gasteiger partial charge in [-0.05, 0) is 37.1 Å². The number of anilines is 1. The molecule has 128 valence electrons. The Labute approximate surface area is 139 Å². The standard InChI is InChI=1S/C19H29FN2O/c1-2-3-4-5-6-8-19(23)22-14-7-13-21(15-16-22)18-11-9-17(20)10-12-18/h9-12H,2-8,13-16H2,1H3. The van der Waals surface area contributed by atoms with Crippen molar-refractivity contribution < 1.29 is 9.18 Å². The predicted molar refractivity (Wildman–Crippen MR) is 93.2 cm³/mol. The molecule has 0 atom stereocenters. The van der Waals surface area contributed by atoms with Crippen LogP contribution < -0.4 is 4.90 Å². The number of nitrogens with zero attached hydrogens (tertiary/aromatic N) is 2. The number of carbonyl (C=O) groups excluding carboxylic acids is 1. The first-order valence-corrected chi connectivity index (χ1v) is 8.99. The van der Waals surface area contributed by atoms with Gasteiger partial charge >= 0.3 is 0 Å². The second-order valence-electron chi connectivity index (χ2n) is 6.36. The Hall–Kier alpha value is -1.58. The average molecular weight is 320 g/mol. The number of rotatable bonds is 7. The van der Waals surface area contributed by atoms with Crippen molar-refractivity contribution in [2.75, 3.05) is 31.1 Å². The van der Waals surface area contributed by atoms with Crippen molar-refractivity contribution in [2.24, 2.45) is 0 Å². The Morgan fingerprint density at radius 2 is 1.74 bits per heavy atom. The minimum atomic E-state index is -0.205. The van der Waals surface area contributed by atoms with Gasteiger partial charge in [-0.15, -0.1) is 0 Å². The van der Waals surface area contributed by atoms with Gasteiger partial charge in [0, 0.05) is 38.3 Å². The van der Waals surface area contributed by atoms with E-state index in [-0.39, 0.29) is 5.82 Å². The van der Waals surface area contributed by atoms with Gasteiger partial charge in [-0.3, -0.25) is 4.79 Å². The van der Waals surface area contributed by atoms with Crippen LogP contribution in [0.3, 0.4) is 0 Å². The molecule has 1 aliphatic rings. The van der Waals surface area contributed by atoms with E-state index in [0.29, 0.717) is 12.3 Å². The fourth-order valence-corrected chi connectivity index (χ4v) is 3.11. The molecule has 0 N–H and O–H groups in total. The smallest absolute Gasteiger partial charge is 0.222 e. The van der Waals surface area contributed by atoms with Crippen molar-refractivity contribution in [3.63, 3.8) is 0 Å². The molecule has 3 nitrogen and oxygen atoms in total. The molecule has 1 heterocycles. The van der Waals surface area contributed by atoms with Crippen molar-refractivity contribution in [2.45, 2.75) is 51.9 Å². The van der Waals surface area contributed by atoms with E-state index in [1.54, 1.807) is 0 Å². The maximum atomic E-state index is 13.0. The van der Waals surface area contributed by atoms with Crippen LogP contribution in [0.4, 0.5) is 10.1 Å². The van der Waals surface area contributed by atoms with Crippen LogP contribution in [0.15, 0.2) is 24.3 Å². The summed E-state index contributed by atoms with van der Waals surface area (Å²) in [6, 6.07) is 6.64. The fraction of sp³-hybridized carbons (Fsp3) is 0.632. The van der Waals surface area contributed by atoms with E-state index < -0.39 is 0 Å². The second kappa shape index (κ2) is 9.53. The molecule has 0 saturated carbocycles. The third-order valence-electron chi connectivity index (χ3n) is 4.53. The molecule has 1 amide bonds. The Morgan fingerprint density at radius 1 is 1.00 bits per heavy atom. The summed E-state index contributed by atoms with van der Waals surface area (Å²) in [5, 5.41) is 0. The summed E-state index contributed by atoms with van der Waals surface area (Å²) in [6.45, 7) is 5.56. The molecule has 4 heteroatoms. The minimum absolute atomic E-state index is 0.205. The first-order chi connectivity index (χ1) is 11.2. The molecule has 0 bridgehead atoms. The Balaban J connectivity index is 1.76. The third kappa shape index (κ3) is 5.85. The number of halogens is 1. The van der Waals surface area contributed by atoms with E-state index in [9.17, 15) is 9.18 Å². The molecule has 2 rings (SSSR count). The molecule has 23 heavy (non-hydrogen) atoms. The van der Waals surface area contributed by atoms with Gasteiger partial charge in [0.05, 0.1) is 0 Å². The normalized spacial score (nSPS) is 15.6. The summed E-state index contributed by atoms with van der Waals surface area (Å²) in [5.41, 5.74) is 1.04. The van der Waals surface area contributed by atoms with Crippen LogP contribution in [0.1, 0.15) is 51.9 Å². The van der Waals surface area contributed by atoms with Crippen LogP contribution in [-0.4, -0.2) is 37.0 Å². The lowest BCUT2D eigenvalue weighted by molar-refractivity contribution is -0.131. The number of hydrogen-bond acceptors (Lipinski definition) is 2. The Bertz CT molecular complexity index is 475. The van der Waals surface area contributed by atoms with E-state index in [4.69, 9.17) is 0 Å². The summed E-state index contributed by atoms with van der Waals surface area (Å²) in [7, 11) is 0. The van der Waals surface area contributed by atoms with Gasteiger partial charge in [0.2, 0.25) is 5.91 Å². The van der Waals surface area contributed by atoms with Gasteiger partial charge < -0.3 is 9.80 Å². The topological polar surface area (TPSA) is 23.6 Å². The molecule has 1 saturated heterocycles. The largest absolute Gasteiger partial charge is 0.370 e. The summed E-state index contributed by atoms with van der Waals surface area (Å²) < 4.78 is 13.0. The van der Waals surface area contributed by atoms with E-state index in [2.05, 4.69) is 11.8 Å². The van der Waals surface area contributed by atoms with Crippen molar-refractivity contribution in [1.29, 1.82) is 0 Å². The molecule has 0 aliphatic carbocycles. The van der Waals surface area contributed by atoms with Crippen LogP contribution in [0.25, 0.3) is 0 Å². The number of unbranched alkanes of at least 4 members (excludes halogenated alkanes) is 4. The second-order valence-corrected chi connectivity index (χ2v) is 6.36. The Kier molecular flexibility index (Phi) is 7.37. The first-order valence-electron chi connectivity index (χ1n) is 8.99. The molecule has 0 spiro atoms. The zero-order valence-electron chi connectivity index (χ0n) is 14.3. The van der Waals surface area contributed by atoms with Crippen LogP contribution in [-0.2, 0) is 4.79 Å². The molecular weight excluding hydrogens is 291 g/mol. The van der Waals surface area contributed by atoms with Gasteiger partial charge in [0.15, 0.2) is 0 Å². The zero-order chi connectivity index (χ0) is 16.5. The quantitative estimate of drug-likeness (QED) is 0.702. The lowest BCUT2D eigenvalue weighted by atomic mass is 10.1. The number of amides is 1. The van der Waals surface area contributed by atoms with Gasteiger partial charge in [0.1, 0.15) is 5.82 Å². The van der Waals surface area contributed by atoms with Gasteiger partial charge in [-0.25, -0.2) is 4.39 Å². The van der Waals surface area contributed by atoms with Crippen LogP contribution >= 0.6 is 0 Å². The van der Waals surface area contributed by atoms with Crippen molar-refractivity contribution in [3.8, 4) is 0 Å². The van der Waals surface area contributed by atoms with Gasteiger partial charge in [-0.1, -0.05) is 32.6 Å². The first kappa shape index (κ1) is 17.8. The van der Waals surface area contributed by atoms with E-state index in [1.165, 1.54) is 31.4 Å². The van der Waals surface area contributed by atoms with Crippen LogP contribution in [0.5, 0.6) is 0 Å². The monoisotopic (exact) mass is 320 g/mol. The average Bonchev–Trinajstić information content (AvgIpc) is 2.81. The van der Waals surface area contributed by atoms with Crippen LogP contribution in [0, 0.1) is 5.82 Å². The van der Waals surface area contributed by atoms with Crippen LogP contribution in [0.2, 0.25) is 0 Å². The maximum Gasteiger partial charge on any atom is 0.222 e. The molecule has 1 aliphatic heterocycles. The molecule has 1 fully saturated rings. The summed E-state index contributed by atoms with van der Waals surface area (Å²) >= 11 is 0. The highest BCUT2D eigenvalue weighted by atomic mass is 19.1. The highest BCUT2D eigenvalue weighted by Gasteiger charge is 2.18. The lowest BCUT2D eigenvalue weighted by Gasteiger charge is -2.23. The van der Waals surface area contributed by atoms with Crippen molar-refractivity contribution >= 4 is 11.6 Å². The number of benzene rings is 1. The SMILES string of the molecule is CCCCCCCC(=O)N1CCCN(c2ccc(F)cc2)CC1. The van der Waals surface area contributed by atoms with Gasteiger partial charge in [-0.2, -0.15) is 0 Å². The van der Waals surface area contributed by atoms with Gasteiger partial charge in [0.25, 0.3) is 0 Å². The molecule has 1 aromatic carbocycles. The number of carbonyl (C=O) groups is 1. The fourth-order valence-electron chi connectivity index (χ4n) is 3.11. The molecule has 1 aromatic rings. The Morgan fingerprint density at radius 3 is 2.48 bits per heavy atom. The summed E-state index contributed by atoms with van der Waals surface area (Å²) in [5.74, 6) is 0.0888. The molecular formula is C19H29FN2O. The van der Waals surface area contributed by atoms with E-state index in [0.717, 1.165) is 51.1 Å². The van der Waals surface area contributed by atoms with Crippen molar-refractivity contribution in [1.82, 2.24) is 4.90 Å². The highest BCUT2D eigenvalue weighted by molar-refractivity contribution is 5.76. The molecule has 0 unspecified atom stereocenters. The maximum absolute atomic E-state index is 13.0. The highest BCUT2D eigenvalue weighted by Crippen LogP contribution is 2.17. The zero-order valence-corrected chi connectivity index (χ0v) is 14.3. The minimum Gasteiger partial charge on any atom is -0.370 e. The van der Waals surface area contributed by atoms with E-state index >= 15 is 0 Å². The third-order valence-corrected chi connectivity index (χ3v) is 4.53. The molecule has 0 radical (unpaired) electrons. The summed E-state index contributed by atoms with van der Waals surface area (Å²) in [4.78, 5) is 16.6. The summed E-state index contributed by atoms with van der Waals surface area (Å²) in [6.07, 6.45) is 7.57. The van der Waals surface area contributed by atoms with Crippen molar-refractivity contribution in [3.05, 3.63) is 30.1 Å². The predicted octanol–water partition coefficient (Wildman–Crippen LogP) is 4.22. The molecule has 0 aromatic heterocycles. The van der Waals surface area contributed by atoms with E-state index in [1.807, 2.05) is 17.0 Å². The lowest BCUT2D eigenvalue weighted by Crippen LogP contribution is -2.35.